The average Bonchev–Trinajstić information content (AvgIpc) is 2.68. The van der Waals surface area contributed by atoms with Crippen LogP contribution in [0.1, 0.15) is 19.3 Å². The molecule has 0 radical (unpaired) electrons. The number of anilines is 1. The zero-order valence-corrected chi connectivity index (χ0v) is 15.3. The number of piperidine rings is 1. The van der Waals surface area contributed by atoms with E-state index in [0.29, 0.717) is 0 Å². The van der Waals surface area contributed by atoms with Crippen LogP contribution in [0.25, 0.3) is 0 Å². The summed E-state index contributed by atoms with van der Waals surface area (Å²) in [6.45, 7) is 1.90. The van der Waals surface area contributed by atoms with Crippen molar-refractivity contribution in [3.05, 3.63) is 60.4 Å². The molecule has 4 nitrogen and oxygen atoms in total. The van der Waals surface area contributed by atoms with Gasteiger partial charge in [0.2, 0.25) is 5.91 Å². The molecule has 1 saturated heterocycles. The van der Waals surface area contributed by atoms with Crippen LogP contribution in [-0.4, -0.2) is 34.8 Å². The van der Waals surface area contributed by atoms with Gasteiger partial charge in [-0.05, 0) is 43.5 Å². The first-order chi connectivity index (χ1) is 12.7. The van der Waals surface area contributed by atoms with Crippen molar-refractivity contribution in [1.29, 1.82) is 0 Å². The third-order valence-electron chi connectivity index (χ3n) is 4.09. The second-order valence-electron chi connectivity index (χ2n) is 6.09. The van der Waals surface area contributed by atoms with Gasteiger partial charge in [0.1, 0.15) is 5.82 Å². The number of hydrogen-bond donors (Lipinski definition) is 1. The number of carbonyl (C=O) groups is 1. The number of rotatable bonds is 4. The fourth-order valence-electron chi connectivity index (χ4n) is 2.77. The summed E-state index contributed by atoms with van der Waals surface area (Å²) in [5.41, 5.74) is 1.08. The normalized spacial score (nSPS) is 15.0. The molecule has 0 unspecified atom stereocenters. The van der Waals surface area contributed by atoms with Crippen molar-refractivity contribution in [3.8, 4) is 0 Å². The van der Waals surface area contributed by atoms with Crippen LogP contribution in [0.3, 0.4) is 0 Å². The Morgan fingerprint density at radius 3 is 2.46 bits per heavy atom. The summed E-state index contributed by atoms with van der Waals surface area (Å²) in [5.74, 6) is -0.478. The van der Waals surface area contributed by atoms with Crippen LogP contribution in [0, 0.1) is 5.82 Å². The molecule has 0 atom stereocenters. The highest BCUT2D eigenvalue weighted by atomic mass is 32.2. The third-order valence-corrected chi connectivity index (χ3v) is 5.10. The fraction of sp³-hybridized carbons (Fsp3) is 0.300. The molecular weight excluding hydrogens is 349 g/mol. The predicted octanol–water partition coefficient (Wildman–Crippen LogP) is 4.67. The summed E-state index contributed by atoms with van der Waals surface area (Å²) in [6.07, 6.45) is 3.50. The van der Waals surface area contributed by atoms with Crippen LogP contribution in [-0.2, 0) is 4.79 Å². The van der Waals surface area contributed by atoms with Crippen LogP contribution in [0.4, 0.5) is 15.8 Å². The van der Waals surface area contributed by atoms with Gasteiger partial charge in [-0.2, -0.15) is 0 Å². The van der Waals surface area contributed by atoms with E-state index in [0.717, 1.165) is 36.8 Å². The van der Waals surface area contributed by atoms with Crippen LogP contribution in [0.2, 0.25) is 0 Å². The van der Waals surface area contributed by atoms with Gasteiger partial charge in [-0.1, -0.05) is 42.1 Å². The molecule has 1 aliphatic heterocycles. The number of para-hydroxylation sites is 2. The standard InChI is InChI=1S/C20H22FN3OS/c21-17-11-5-6-12-18(17)23-19(25)15-26-20(24-13-7-2-8-14-24)22-16-9-3-1-4-10-16/h1,3-6,9-12H,2,7-8,13-15H2,(H,23,25). The maximum Gasteiger partial charge on any atom is 0.234 e. The summed E-state index contributed by atoms with van der Waals surface area (Å²) in [4.78, 5) is 19.2. The van der Waals surface area contributed by atoms with E-state index in [2.05, 4.69) is 10.2 Å². The van der Waals surface area contributed by atoms with E-state index in [1.807, 2.05) is 30.3 Å². The highest BCUT2D eigenvalue weighted by Crippen LogP contribution is 2.21. The van der Waals surface area contributed by atoms with Crippen molar-refractivity contribution in [2.75, 3.05) is 24.2 Å². The minimum Gasteiger partial charge on any atom is -0.351 e. The number of hydrogen-bond acceptors (Lipinski definition) is 3. The predicted molar refractivity (Wildman–Crippen MR) is 106 cm³/mol. The second kappa shape index (κ2) is 9.38. The van der Waals surface area contributed by atoms with Crippen molar-refractivity contribution in [1.82, 2.24) is 4.90 Å². The molecule has 1 heterocycles. The van der Waals surface area contributed by atoms with Gasteiger partial charge < -0.3 is 10.2 Å². The third kappa shape index (κ3) is 5.33. The molecule has 0 aliphatic carbocycles. The summed E-state index contributed by atoms with van der Waals surface area (Å²) >= 11 is 1.40. The number of amidine groups is 1. The van der Waals surface area contributed by atoms with E-state index < -0.39 is 5.82 Å². The van der Waals surface area contributed by atoms with Gasteiger partial charge in [0.05, 0.1) is 17.1 Å². The van der Waals surface area contributed by atoms with Crippen molar-refractivity contribution < 1.29 is 9.18 Å². The summed E-state index contributed by atoms with van der Waals surface area (Å²) in [5, 5.41) is 3.47. The number of nitrogens with one attached hydrogen (secondary N) is 1. The Bertz CT molecular complexity index is 761. The minimum atomic E-state index is -0.431. The van der Waals surface area contributed by atoms with E-state index in [4.69, 9.17) is 4.99 Å². The van der Waals surface area contributed by atoms with Gasteiger partial charge in [0, 0.05) is 13.1 Å². The number of amides is 1. The van der Waals surface area contributed by atoms with Gasteiger partial charge in [0.25, 0.3) is 0 Å². The second-order valence-corrected chi connectivity index (χ2v) is 7.04. The Kier molecular flexibility index (Phi) is 6.66. The largest absolute Gasteiger partial charge is 0.351 e. The molecule has 2 aromatic rings. The molecule has 0 aromatic heterocycles. The maximum absolute atomic E-state index is 13.7. The Morgan fingerprint density at radius 2 is 1.73 bits per heavy atom. The molecule has 0 bridgehead atoms. The Morgan fingerprint density at radius 1 is 1.04 bits per heavy atom. The highest BCUT2D eigenvalue weighted by Gasteiger charge is 2.17. The Labute approximate surface area is 157 Å². The van der Waals surface area contributed by atoms with Gasteiger partial charge in [-0.3, -0.25) is 4.79 Å². The lowest BCUT2D eigenvalue weighted by Gasteiger charge is -2.29. The monoisotopic (exact) mass is 371 g/mol. The molecule has 1 fully saturated rings. The van der Waals surface area contributed by atoms with Crippen molar-refractivity contribution in [2.45, 2.75) is 19.3 Å². The van der Waals surface area contributed by atoms with E-state index in [9.17, 15) is 9.18 Å². The molecule has 26 heavy (non-hydrogen) atoms. The molecule has 1 aliphatic rings. The average molecular weight is 371 g/mol. The summed E-state index contributed by atoms with van der Waals surface area (Å²) in [7, 11) is 0. The van der Waals surface area contributed by atoms with Gasteiger partial charge in [-0.25, -0.2) is 9.38 Å². The van der Waals surface area contributed by atoms with Crippen molar-refractivity contribution in [3.63, 3.8) is 0 Å². The quantitative estimate of drug-likeness (QED) is 0.627. The molecule has 136 valence electrons. The molecule has 0 spiro atoms. The van der Waals surface area contributed by atoms with E-state index in [-0.39, 0.29) is 17.3 Å². The molecule has 2 aromatic carbocycles. The Hall–Kier alpha value is -2.34. The van der Waals surface area contributed by atoms with E-state index >= 15 is 0 Å². The lowest BCUT2D eigenvalue weighted by molar-refractivity contribution is -0.113. The Balaban J connectivity index is 1.66. The van der Waals surface area contributed by atoms with Crippen LogP contribution in [0.15, 0.2) is 59.6 Å². The molecule has 6 heteroatoms. The van der Waals surface area contributed by atoms with Crippen LogP contribution in [0.5, 0.6) is 0 Å². The smallest absolute Gasteiger partial charge is 0.234 e. The number of nitrogens with zero attached hydrogens (tertiary/aromatic N) is 2. The van der Waals surface area contributed by atoms with Crippen LogP contribution >= 0.6 is 11.8 Å². The lowest BCUT2D eigenvalue weighted by Crippen LogP contribution is -2.34. The number of carbonyl (C=O) groups excluding carboxylic acids is 1. The topological polar surface area (TPSA) is 44.7 Å². The number of likely N-dealkylation sites (tertiary alicyclic amines) is 1. The first-order valence-corrected chi connectivity index (χ1v) is 9.77. The van der Waals surface area contributed by atoms with E-state index in [1.165, 1.54) is 24.2 Å². The first kappa shape index (κ1) is 18.5. The SMILES string of the molecule is O=C(CSC(=Nc1ccccc1)N1CCCCC1)Nc1ccccc1F. The number of thioether (sulfide) groups is 1. The van der Waals surface area contributed by atoms with Crippen molar-refractivity contribution in [2.24, 2.45) is 4.99 Å². The molecule has 1 amide bonds. The molecule has 1 N–H and O–H groups in total. The molecule has 3 rings (SSSR count). The first-order valence-electron chi connectivity index (χ1n) is 8.78. The number of benzene rings is 2. The van der Waals surface area contributed by atoms with E-state index in [1.54, 1.807) is 18.2 Å². The molecular formula is C20H22FN3OS. The summed E-state index contributed by atoms with van der Waals surface area (Å²) in [6, 6.07) is 15.9. The van der Waals surface area contributed by atoms with Crippen molar-refractivity contribution >= 4 is 34.2 Å². The van der Waals surface area contributed by atoms with Gasteiger partial charge in [0.15, 0.2) is 5.17 Å². The van der Waals surface area contributed by atoms with Crippen LogP contribution < -0.4 is 5.32 Å². The minimum absolute atomic E-state index is 0.191. The molecule has 0 saturated carbocycles. The fourth-order valence-corrected chi connectivity index (χ4v) is 3.64. The number of aliphatic imine (C=N–C) groups is 1. The highest BCUT2D eigenvalue weighted by molar-refractivity contribution is 8.14. The zero-order valence-electron chi connectivity index (χ0n) is 14.5. The maximum atomic E-state index is 13.7. The van der Waals surface area contributed by atoms with Gasteiger partial charge in [-0.15, -0.1) is 0 Å². The number of halogens is 1. The zero-order chi connectivity index (χ0) is 18.2. The lowest BCUT2D eigenvalue weighted by atomic mass is 10.1. The summed E-state index contributed by atoms with van der Waals surface area (Å²) < 4.78 is 13.7. The van der Waals surface area contributed by atoms with Gasteiger partial charge >= 0.3 is 0 Å².